The quantitative estimate of drug-likeness (QED) is 0.301. The Hall–Kier alpha value is -2.29. The fraction of sp³-hybridized carbons (Fsp3) is 0. The second-order valence-electron chi connectivity index (χ2n) is 6.32. The van der Waals surface area contributed by atoms with Gasteiger partial charge in [0, 0.05) is 11.6 Å². The normalized spacial score (nSPS) is 15.2. The zero-order valence-electron chi connectivity index (χ0n) is 15.3. The molecule has 0 atom stereocenters. The maximum atomic E-state index is 12.9. The molecule has 0 radical (unpaired) electrons. The minimum absolute atomic E-state index is 0.0281. The average Bonchev–Trinajstić information content (AvgIpc) is 3.29. The van der Waals surface area contributed by atoms with Crippen LogP contribution in [0.15, 0.2) is 57.9 Å². The average molecular weight is 511 g/mol. The molecular weight excluding hydrogens is 501 g/mol. The van der Waals surface area contributed by atoms with Crippen molar-refractivity contribution in [3.8, 4) is 11.3 Å². The van der Waals surface area contributed by atoms with E-state index in [1.807, 2.05) is 0 Å². The number of carboxylic acid groups (broad SMARTS) is 1. The van der Waals surface area contributed by atoms with Gasteiger partial charge in [-0.05, 0) is 48.5 Å². The van der Waals surface area contributed by atoms with Crippen molar-refractivity contribution in [2.45, 2.75) is 0 Å². The highest BCUT2D eigenvalue weighted by Crippen LogP contribution is 2.38. The lowest BCUT2D eigenvalue weighted by atomic mass is 10.1. The molecule has 1 amide bonds. The van der Waals surface area contributed by atoms with Gasteiger partial charge in [0.25, 0.3) is 5.91 Å². The first kappa shape index (κ1) is 21.9. The lowest BCUT2D eigenvalue weighted by molar-refractivity contribution is -0.113. The van der Waals surface area contributed by atoms with Crippen LogP contribution in [0.1, 0.15) is 16.1 Å². The summed E-state index contributed by atoms with van der Waals surface area (Å²) in [6, 6.07) is 12.8. The summed E-state index contributed by atoms with van der Waals surface area (Å²) in [5.41, 5.74) is 1.03. The Morgan fingerprint density at radius 3 is 2.48 bits per heavy atom. The highest BCUT2D eigenvalue weighted by atomic mass is 35.5. The third kappa shape index (κ3) is 4.37. The van der Waals surface area contributed by atoms with Gasteiger partial charge in [-0.2, -0.15) is 0 Å². The number of furan rings is 1. The predicted octanol–water partition coefficient (Wildman–Crippen LogP) is 7.01. The number of thiocarbonyl (C=S) groups is 1. The molecular formula is C21H10Cl3NO4S2. The minimum Gasteiger partial charge on any atom is -0.478 e. The van der Waals surface area contributed by atoms with E-state index in [-0.39, 0.29) is 16.5 Å². The van der Waals surface area contributed by atoms with Crippen molar-refractivity contribution < 1.29 is 19.1 Å². The first-order valence-corrected chi connectivity index (χ1v) is 11.0. The highest BCUT2D eigenvalue weighted by Gasteiger charge is 2.33. The smallest absolute Gasteiger partial charge is 0.337 e. The maximum Gasteiger partial charge on any atom is 0.337 e. The van der Waals surface area contributed by atoms with Crippen LogP contribution in [0.2, 0.25) is 15.1 Å². The third-order valence-corrected chi connectivity index (χ3v) is 6.71. The maximum absolute atomic E-state index is 12.9. The molecule has 2 heterocycles. The van der Waals surface area contributed by atoms with Crippen LogP contribution < -0.4 is 4.90 Å². The van der Waals surface area contributed by atoms with Crippen LogP contribution in [-0.2, 0) is 4.79 Å². The van der Waals surface area contributed by atoms with E-state index in [9.17, 15) is 14.7 Å². The molecule has 1 aliphatic heterocycles. The van der Waals surface area contributed by atoms with Crippen molar-refractivity contribution in [3.05, 3.63) is 79.8 Å². The molecule has 1 aliphatic rings. The van der Waals surface area contributed by atoms with Gasteiger partial charge in [-0.1, -0.05) is 58.8 Å². The van der Waals surface area contributed by atoms with Gasteiger partial charge in [-0.25, -0.2) is 4.79 Å². The summed E-state index contributed by atoms with van der Waals surface area (Å²) in [5.74, 6) is -0.600. The summed E-state index contributed by atoms with van der Waals surface area (Å²) < 4.78 is 6.14. The number of benzene rings is 2. The number of carboxylic acids is 1. The fourth-order valence-corrected chi connectivity index (χ4v) is 4.64. The van der Waals surface area contributed by atoms with Crippen LogP contribution in [0.3, 0.4) is 0 Å². The Morgan fingerprint density at radius 1 is 1.03 bits per heavy atom. The summed E-state index contributed by atoms with van der Waals surface area (Å²) in [5, 5.41) is 10.1. The van der Waals surface area contributed by atoms with Crippen molar-refractivity contribution in [1.29, 1.82) is 0 Å². The van der Waals surface area contributed by atoms with Crippen LogP contribution in [0.4, 0.5) is 5.69 Å². The number of halogens is 3. The number of carbonyl (C=O) groups excluding carboxylic acids is 1. The molecule has 10 heteroatoms. The molecule has 1 N–H and O–H groups in total. The molecule has 0 bridgehead atoms. The molecule has 0 saturated carbocycles. The molecule has 1 aromatic heterocycles. The molecule has 0 aliphatic carbocycles. The van der Waals surface area contributed by atoms with Gasteiger partial charge in [0.2, 0.25) is 0 Å². The topological polar surface area (TPSA) is 70.8 Å². The van der Waals surface area contributed by atoms with Crippen LogP contribution >= 0.6 is 58.8 Å². The van der Waals surface area contributed by atoms with Gasteiger partial charge in [0.05, 0.1) is 31.2 Å². The number of rotatable bonds is 4. The lowest BCUT2D eigenvalue weighted by Crippen LogP contribution is -2.27. The van der Waals surface area contributed by atoms with E-state index in [4.69, 9.17) is 51.4 Å². The van der Waals surface area contributed by atoms with Crippen molar-refractivity contribution in [3.63, 3.8) is 0 Å². The second-order valence-corrected chi connectivity index (χ2v) is 9.21. The van der Waals surface area contributed by atoms with Crippen molar-refractivity contribution in [2.24, 2.45) is 0 Å². The van der Waals surface area contributed by atoms with E-state index >= 15 is 0 Å². The summed E-state index contributed by atoms with van der Waals surface area (Å²) in [6.45, 7) is 0. The van der Waals surface area contributed by atoms with E-state index in [0.717, 1.165) is 11.8 Å². The zero-order valence-corrected chi connectivity index (χ0v) is 19.2. The van der Waals surface area contributed by atoms with E-state index < -0.39 is 5.97 Å². The van der Waals surface area contributed by atoms with Gasteiger partial charge < -0.3 is 9.52 Å². The summed E-state index contributed by atoms with van der Waals surface area (Å²) in [6.07, 6.45) is 1.58. The van der Waals surface area contributed by atoms with Crippen LogP contribution in [0, 0.1) is 0 Å². The molecule has 31 heavy (non-hydrogen) atoms. The Labute approximate surface area is 201 Å². The minimum atomic E-state index is -1.13. The van der Waals surface area contributed by atoms with E-state index in [0.29, 0.717) is 42.0 Å². The number of carbonyl (C=O) groups is 2. The molecule has 2 aromatic carbocycles. The number of hydrogen-bond acceptors (Lipinski definition) is 5. The first-order valence-electron chi connectivity index (χ1n) is 8.60. The summed E-state index contributed by atoms with van der Waals surface area (Å²) >= 11 is 24.4. The third-order valence-electron chi connectivity index (χ3n) is 4.34. The largest absolute Gasteiger partial charge is 0.478 e. The molecule has 1 fully saturated rings. The summed E-state index contributed by atoms with van der Waals surface area (Å²) in [4.78, 5) is 25.9. The SMILES string of the molecule is O=C(O)c1cc(-c2ccc(/C=C3\SC(=S)N(c4ccc(Cl)c(Cl)c4)C3=O)o2)ccc1Cl. The van der Waals surface area contributed by atoms with Crippen LogP contribution in [0.5, 0.6) is 0 Å². The van der Waals surface area contributed by atoms with Gasteiger partial charge in [-0.15, -0.1) is 0 Å². The second kappa shape index (κ2) is 8.68. The van der Waals surface area contributed by atoms with Crippen LogP contribution in [0.25, 0.3) is 17.4 Å². The van der Waals surface area contributed by atoms with E-state index in [1.165, 1.54) is 17.0 Å². The van der Waals surface area contributed by atoms with Gasteiger partial charge in [-0.3, -0.25) is 9.69 Å². The molecule has 5 nitrogen and oxygen atoms in total. The van der Waals surface area contributed by atoms with Gasteiger partial charge >= 0.3 is 5.97 Å². The van der Waals surface area contributed by atoms with Gasteiger partial charge in [0.1, 0.15) is 11.5 Å². The number of aromatic carboxylic acids is 1. The van der Waals surface area contributed by atoms with Crippen molar-refractivity contribution in [1.82, 2.24) is 0 Å². The fourth-order valence-electron chi connectivity index (χ4n) is 2.87. The molecule has 1 saturated heterocycles. The Kier molecular flexibility index (Phi) is 6.14. The van der Waals surface area contributed by atoms with Crippen LogP contribution in [-0.4, -0.2) is 21.3 Å². The zero-order chi connectivity index (χ0) is 22.3. The molecule has 0 unspecified atom stereocenters. The number of hydrogen-bond donors (Lipinski definition) is 1. The van der Waals surface area contributed by atoms with E-state index in [2.05, 4.69) is 0 Å². The number of anilines is 1. The monoisotopic (exact) mass is 509 g/mol. The molecule has 0 spiro atoms. The standard InChI is InChI=1S/C21H10Cl3NO4S2/c22-14-4-1-10(7-13(14)20(27)28)17-6-3-12(29-17)9-18-19(26)25(21(30)31-18)11-2-5-15(23)16(24)8-11/h1-9H,(H,27,28)/b18-9-. The van der Waals surface area contributed by atoms with Crippen molar-refractivity contribution in [2.75, 3.05) is 4.90 Å². The molecule has 3 aromatic rings. The first-order chi connectivity index (χ1) is 14.7. The van der Waals surface area contributed by atoms with Crippen molar-refractivity contribution >= 4 is 86.7 Å². The molecule has 156 valence electrons. The number of nitrogens with zero attached hydrogens (tertiary/aromatic N) is 1. The molecule has 4 rings (SSSR count). The summed E-state index contributed by atoms with van der Waals surface area (Å²) in [7, 11) is 0. The Morgan fingerprint density at radius 2 is 1.77 bits per heavy atom. The number of thioether (sulfide) groups is 1. The number of amides is 1. The highest BCUT2D eigenvalue weighted by molar-refractivity contribution is 8.27. The Balaban J connectivity index is 1.62. The lowest BCUT2D eigenvalue weighted by Gasteiger charge is -2.15. The Bertz CT molecular complexity index is 1290. The predicted molar refractivity (Wildman–Crippen MR) is 128 cm³/mol. The van der Waals surface area contributed by atoms with E-state index in [1.54, 1.807) is 42.5 Å². The van der Waals surface area contributed by atoms with Gasteiger partial charge in [0.15, 0.2) is 4.32 Å².